The average Bonchev–Trinajstić information content (AvgIpc) is 2.96. The normalized spacial score (nSPS) is 31.1. The minimum atomic E-state index is 0.0142. The molecule has 116 valence electrons. The van der Waals surface area contributed by atoms with Crippen molar-refractivity contribution in [2.45, 2.75) is 50.2 Å². The highest BCUT2D eigenvalue weighted by molar-refractivity contribution is 6.04. The molecule has 2 unspecified atom stereocenters. The van der Waals surface area contributed by atoms with E-state index < -0.39 is 0 Å². The molecule has 1 aromatic carbocycles. The lowest BCUT2D eigenvalue weighted by Gasteiger charge is -2.44. The van der Waals surface area contributed by atoms with Gasteiger partial charge >= 0.3 is 0 Å². The van der Waals surface area contributed by atoms with Gasteiger partial charge in [-0.2, -0.15) is 0 Å². The molecule has 0 aliphatic carbocycles. The summed E-state index contributed by atoms with van der Waals surface area (Å²) in [5, 5.41) is 3.26. The van der Waals surface area contributed by atoms with E-state index in [1.165, 1.54) is 19.3 Å². The third-order valence-electron chi connectivity index (χ3n) is 5.56. The second-order valence-corrected chi connectivity index (χ2v) is 6.81. The smallest absolute Gasteiger partial charge is 0.253 e. The molecule has 0 spiro atoms. The third-order valence-corrected chi connectivity index (χ3v) is 5.56. The van der Waals surface area contributed by atoms with E-state index in [0.717, 1.165) is 23.9 Å². The quantitative estimate of drug-likeness (QED) is 0.771. The number of nitrogens with one attached hydrogen (secondary N) is 3. The van der Waals surface area contributed by atoms with Crippen LogP contribution >= 0.6 is 0 Å². The van der Waals surface area contributed by atoms with Crippen molar-refractivity contribution in [3.8, 4) is 0 Å². The molecule has 2 fully saturated rings. The van der Waals surface area contributed by atoms with E-state index in [9.17, 15) is 4.79 Å². The van der Waals surface area contributed by atoms with Crippen LogP contribution in [-0.4, -0.2) is 41.0 Å². The van der Waals surface area contributed by atoms with Crippen LogP contribution in [0.5, 0.6) is 0 Å². The highest BCUT2D eigenvalue weighted by atomic mass is 16.1. The maximum absolute atomic E-state index is 12.7. The maximum Gasteiger partial charge on any atom is 0.253 e. The molecule has 2 aromatic rings. The number of fused-ring (bicyclic) bond motifs is 3. The molecular weight excluding hydrogens is 276 g/mol. The van der Waals surface area contributed by atoms with Gasteiger partial charge in [-0.1, -0.05) is 6.07 Å². The molecular formula is C17H23N4O+. The summed E-state index contributed by atoms with van der Waals surface area (Å²) >= 11 is 0. The first-order valence-corrected chi connectivity index (χ1v) is 8.28. The Bertz CT molecular complexity index is 681. The molecule has 0 saturated carbocycles. The Morgan fingerprint density at radius 1 is 1.32 bits per heavy atom. The summed E-state index contributed by atoms with van der Waals surface area (Å²) in [5.41, 5.74) is 2.35. The predicted octanol–water partition coefficient (Wildman–Crippen LogP) is 0.891. The van der Waals surface area contributed by atoms with Crippen molar-refractivity contribution in [2.24, 2.45) is 0 Å². The van der Waals surface area contributed by atoms with Gasteiger partial charge in [-0.3, -0.25) is 4.79 Å². The van der Waals surface area contributed by atoms with Crippen LogP contribution in [-0.2, 0) is 0 Å². The van der Waals surface area contributed by atoms with E-state index in [1.807, 2.05) is 18.2 Å². The van der Waals surface area contributed by atoms with Crippen molar-refractivity contribution in [1.82, 2.24) is 15.3 Å². The van der Waals surface area contributed by atoms with Crippen LogP contribution in [0.2, 0.25) is 0 Å². The van der Waals surface area contributed by atoms with Crippen LogP contribution in [0.15, 0.2) is 24.5 Å². The van der Waals surface area contributed by atoms with Crippen molar-refractivity contribution in [2.75, 3.05) is 7.05 Å². The number of hydrogen-bond donors (Lipinski definition) is 3. The number of hydrogen-bond acceptors (Lipinski definition) is 2. The fraction of sp³-hybridized carbons (Fsp3) is 0.529. The first kappa shape index (κ1) is 13.8. The lowest BCUT2D eigenvalue weighted by Crippen LogP contribution is -3.19. The van der Waals surface area contributed by atoms with Gasteiger partial charge in [-0.15, -0.1) is 0 Å². The zero-order valence-electron chi connectivity index (χ0n) is 12.9. The summed E-state index contributed by atoms with van der Waals surface area (Å²) in [6.07, 6.45) is 7.78. The van der Waals surface area contributed by atoms with Crippen molar-refractivity contribution in [1.29, 1.82) is 0 Å². The monoisotopic (exact) mass is 299 g/mol. The van der Waals surface area contributed by atoms with Crippen LogP contribution < -0.4 is 10.2 Å². The molecule has 2 aliphatic rings. The summed E-state index contributed by atoms with van der Waals surface area (Å²) in [5.74, 6) is 0.0142. The summed E-state index contributed by atoms with van der Waals surface area (Å²) < 4.78 is 0. The van der Waals surface area contributed by atoms with Gasteiger partial charge in [-0.05, 0) is 31.4 Å². The Balaban J connectivity index is 1.52. The summed E-state index contributed by atoms with van der Waals surface area (Å²) in [6.45, 7) is 0. The number of amides is 1. The Labute approximate surface area is 130 Å². The van der Waals surface area contributed by atoms with E-state index in [2.05, 4.69) is 22.3 Å². The Morgan fingerprint density at radius 3 is 2.86 bits per heavy atom. The van der Waals surface area contributed by atoms with Crippen LogP contribution in [0, 0.1) is 0 Å². The zero-order valence-corrected chi connectivity index (χ0v) is 12.9. The van der Waals surface area contributed by atoms with E-state index in [0.29, 0.717) is 23.7 Å². The Morgan fingerprint density at radius 2 is 2.09 bits per heavy atom. The molecule has 22 heavy (non-hydrogen) atoms. The lowest BCUT2D eigenvalue weighted by atomic mass is 9.82. The molecule has 2 aliphatic heterocycles. The number of benzene rings is 1. The van der Waals surface area contributed by atoms with Gasteiger partial charge in [0.1, 0.15) is 5.52 Å². The minimum Gasteiger partial charge on any atom is -0.349 e. The first-order chi connectivity index (χ1) is 10.7. The SMILES string of the molecule is C[NH+]1[C@@H]2CCC[C@H]1CC(NC(=O)c1cccc3[nH]cnc13)C2. The van der Waals surface area contributed by atoms with Crippen molar-refractivity contribution in [3.05, 3.63) is 30.1 Å². The van der Waals surface area contributed by atoms with Gasteiger partial charge in [-0.25, -0.2) is 4.98 Å². The van der Waals surface area contributed by atoms with Crippen LogP contribution in [0.25, 0.3) is 11.0 Å². The van der Waals surface area contributed by atoms with Gasteiger partial charge in [0.15, 0.2) is 0 Å². The lowest BCUT2D eigenvalue weighted by molar-refractivity contribution is -0.942. The second kappa shape index (κ2) is 5.39. The van der Waals surface area contributed by atoms with E-state index in [4.69, 9.17) is 0 Å². The molecule has 3 N–H and O–H groups in total. The molecule has 1 aromatic heterocycles. The number of H-pyrrole nitrogens is 1. The molecule has 4 rings (SSSR count). The number of nitrogens with zero attached hydrogens (tertiary/aromatic N) is 1. The zero-order chi connectivity index (χ0) is 15.1. The van der Waals surface area contributed by atoms with Gasteiger partial charge in [0.25, 0.3) is 5.91 Å². The number of aromatic nitrogens is 2. The van der Waals surface area contributed by atoms with E-state index in [1.54, 1.807) is 11.2 Å². The highest BCUT2D eigenvalue weighted by Gasteiger charge is 2.40. The molecule has 2 bridgehead atoms. The number of piperidine rings is 2. The number of aromatic amines is 1. The van der Waals surface area contributed by atoms with E-state index in [-0.39, 0.29) is 5.91 Å². The standard InChI is InChI=1S/C17H22N4O/c1-21-12-4-2-5-13(21)9-11(8-12)20-17(22)14-6-3-7-15-16(14)19-10-18-15/h3,6-7,10-13H,2,4-5,8-9H2,1H3,(H,18,19)(H,20,22)/p+1/t11?,12-,13+. The van der Waals surface area contributed by atoms with Gasteiger partial charge in [0, 0.05) is 18.9 Å². The van der Waals surface area contributed by atoms with Gasteiger partial charge in [0.2, 0.25) is 0 Å². The molecule has 5 nitrogen and oxygen atoms in total. The second-order valence-electron chi connectivity index (χ2n) is 6.81. The van der Waals surface area contributed by atoms with Gasteiger partial charge < -0.3 is 15.2 Å². The molecule has 4 atom stereocenters. The molecule has 0 radical (unpaired) electrons. The number of carbonyl (C=O) groups is 1. The van der Waals surface area contributed by atoms with Crippen molar-refractivity contribution < 1.29 is 9.69 Å². The number of imidazole rings is 1. The fourth-order valence-electron chi connectivity index (χ4n) is 4.32. The van der Waals surface area contributed by atoms with E-state index >= 15 is 0 Å². The number of para-hydroxylation sites is 1. The van der Waals surface area contributed by atoms with Crippen LogP contribution in [0.3, 0.4) is 0 Å². The molecule has 1 amide bonds. The Kier molecular flexibility index (Phi) is 3.37. The Hall–Kier alpha value is -1.88. The van der Waals surface area contributed by atoms with Crippen molar-refractivity contribution in [3.63, 3.8) is 0 Å². The van der Waals surface area contributed by atoms with Crippen LogP contribution in [0.4, 0.5) is 0 Å². The summed E-state index contributed by atoms with van der Waals surface area (Å²) in [4.78, 5) is 21.7. The topological polar surface area (TPSA) is 62.2 Å². The number of rotatable bonds is 2. The van der Waals surface area contributed by atoms with Crippen LogP contribution in [0.1, 0.15) is 42.5 Å². The van der Waals surface area contributed by atoms with Gasteiger partial charge in [0.05, 0.1) is 36.5 Å². The number of carbonyl (C=O) groups excluding carboxylic acids is 1. The highest BCUT2D eigenvalue weighted by Crippen LogP contribution is 2.22. The fourth-order valence-corrected chi connectivity index (χ4v) is 4.32. The molecule has 5 heteroatoms. The first-order valence-electron chi connectivity index (χ1n) is 8.28. The number of quaternary nitrogens is 1. The minimum absolute atomic E-state index is 0.0142. The maximum atomic E-state index is 12.7. The summed E-state index contributed by atoms with van der Waals surface area (Å²) in [6, 6.07) is 7.43. The third kappa shape index (κ3) is 2.29. The van der Waals surface area contributed by atoms with Crippen molar-refractivity contribution >= 4 is 16.9 Å². The predicted molar refractivity (Wildman–Crippen MR) is 84.9 cm³/mol. The summed E-state index contributed by atoms with van der Waals surface area (Å²) in [7, 11) is 2.32. The average molecular weight is 299 g/mol. The molecule has 2 saturated heterocycles. The largest absolute Gasteiger partial charge is 0.349 e. The molecule has 3 heterocycles.